The van der Waals surface area contributed by atoms with Crippen LogP contribution in [0.15, 0.2) is 24.5 Å². The molecule has 4 heteroatoms. The Hall–Kier alpha value is -0.0294. The van der Waals surface area contributed by atoms with Gasteiger partial charge in [0.05, 0.1) is 5.56 Å². The Bertz CT molecular complexity index is 212. The Morgan fingerprint density at radius 1 is 1.40 bits per heavy atom. The van der Waals surface area contributed by atoms with Gasteiger partial charge in [0.1, 0.15) is 0 Å². The van der Waals surface area contributed by atoms with E-state index in [-0.39, 0.29) is 46.4 Å². The summed E-state index contributed by atoms with van der Waals surface area (Å²) < 4.78 is 0. The van der Waals surface area contributed by atoms with Crippen molar-refractivity contribution in [2.75, 3.05) is 0 Å². The van der Waals surface area contributed by atoms with E-state index in [9.17, 15) is 4.79 Å². The summed E-state index contributed by atoms with van der Waals surface area (Å²) in [4.78, 5) is 13.8. The molecule has 0 atom stereocenters. The van der Waals surface area contributed by atoms with Crippen LogP contribution >= 0.6 is 0 Å². The van der Waals surface area contributed by atoms with Crippen LogP contribution in [0.4, 0.5) is 0 Å². The first-order valence-corrected chi connectivity index (χ1v) is 2.44. The van der Waals surface area contributed by atoms with Crippen LogP contribution in [-0.2, 0) is 0 Å². The number of carbonyl (C=O) groups is 1. The number of hydrogen-bond acceptors (Lipinski definition) is 2. The number of carboxylic acid groups (broad SMARTS) is 1. The van der Waals surface area contributed by atoms with Crippen molar-refractivity contribution in [2.24, 2.45) is 0 Å². The number of rotatable bonds is 1. The van der Waals surface area contributed by atoms with Crippen molar-refractivity contribution in [3.63, 3.8) is 0 Å². The molecule has 3 nitrogen and oxygen atoms in total. The van der Waals surface area contributed by atoms with E-state index < -0.39 is 5.97 Å². The summed E-state index contributed by atoms with van der Waals surface area (Å²) in [5.41, 5.74) is 0.269. The Labute approximate surface area is 91.0 Å². The smallest absolute Gasteiger partial charge is 0.335 e. The van der Waals surface area contributed by atoms with Gasteiger partial charge < -0.3 is 5.11 Å². The van der Waals surface area contributed by atoms with Gasteiger partial charge >= 0.3 is 5.97 Å². The van der Waals surface area contributed by atoms with Crippen molar-refractivity contribution in [1.29, 1.82) is 0 Å². The van der Waals surface area contributed by atoms with Gasteiger partial charge in [-0.2, -0.15) is 0 Å². The van der Waals surface area contributed by atoms with Crippen LogP contribution in [0.2, 0.25) is 0 Å². The molecule has 0 radical (unpaired) electrons. The molecule has 0 unspecified atom stereocenters. The topological polar surface area (TPSA) is 50.2 Å². The first-order chi connectivity index (χ1) is 4.30. The average molecular weight is 267 g/mol. The molecule has 0 fully saturated rings. The van der Waals surface area contributed by atoms with Crippen LogP contribution in [0.25, 0.3) is 0 Å². The zero-order chi connectivity index (χ0) is 6.69. The Kier molecular flexibility index (Phi) is 4.72. The summed E-state index contributed by atoms with van der Waals surface area (Å²) >= 11 is 0. The van der Waals surface area contributed by atoms with Crippen molar-refractivity contribution < 1.29 is 50.7 Å². The molecule has 1 aromatic rings. The molecule has 0 amide bonds. The van der Waals surface area contributed by atoms with Crippen LogP contribution in [-0.4, -0.2) is 16.1 Å². The molecule has 0 aliphatic heterocycles. The predicted molar refractivity (Wildman–Crippen MR) is 31.2 cm³/mol. The van der Waals surface area contributed by atoms with E-state index in [1.807, 2.05) is 0 Å². The molecule has 10 heavy (non-hydrogen) atoms. The molecule has 0 spiro atoms. The molecule has 1 N–H and O–H groups in total. The maximum Gasteiger partial charge on any atom is 0.335 e. The molecule has 0 aliphatic rings. The van der Waals surface area contributed by atoms with Crippen LogP contribution in [0.5, 0.6) is 0 Å². The maximum atomic E-state index is 10.2. The standard InChI is InChI=1S/C6H5NO2.Nd/c8-6(9)5-1-3-7-4-2-5;/h1-4H,(H,8,9);. The summed E-state index contributed by atoms with van der Waals surface area (Å²) in [5, 5.41) is 8.36. The zero-order valence-corrected chi connectivity index (χ0v) is 8.32. The molecule has 0 saturated carbocycles. The van der Waals surface area contributed by atoms with E-state index >= 15 is 0 Å². The van der Waals surface area contributed by atoms with Gasteiger partial charge in [0.2, 0.25) is 0 Å². The van der Waals surface area contributed by atoms with Gasteiger partial charge in [-0.3, -0.25) is 4.98 Å². The molecule has 0 bridgehead atoms. The van der Waals surface area contributed by atoms with Gasteiger partial charge in [0.25, 0.3) is 0 Å². The fourth-order valence-corrected chi connectivity index (χ4v) is 0.494. The third-order valence-electron chi connectivity index (χ3n) is 0.927. The van der Waals surface area contributed by atoms with Crippen molar-refractivity contribution in [3.8, 4) is 0 Å². The quantitative estimate of drug-likeness (QED) is 0.818. The normalized spacial score (nSPS) is 8.00. The van der Waals surface area contributed by atoms with Crippen molar-refractivity contribution in [2.45, 2.75) is 0 Å². The molecule has 1 rings (SSSR count). The molecule has 50 valence electrons. The maximum absolute atomic E-state index is 10.2. The van der Waals surface area contributed by atoms with Crippen molar-refractivity contribution in [1.82, 2.24) is 4.98 Å². The van der Waals surface area contributed by atoms with E-state index in [0.29, 0.717) is 0 Å². The predicted octanol–water partition coefficient (Wildman–Crippen LogP) is 0.780. The van der Waals surface area contributed by atoms with Gasteiger partial charge in [0, 0.05) is 53.2 Å². The van der Waals surface area contributed by atoms with E-state index in [0.717, 1.165) is 0 Å². The van der Waals surface area contributed by atoms with Crippen LogP contribution in [0, 0.1) is 40.8 Å². The summed E-state index contributed by atoms with van der Waals surface area (Å²) in [6.45, 7) is 0. The number of aromatic nitrogens is 1. The molecule has 0 aromatic carbocycles. The average Bonchev–Trinajstić information content (AvgIpc) is 1.90. The summed E-state index contributed by atoms with van der Waals surface area (Å²) in [6, 6.07) is 2.89. The number of nitrogens with zero attached hydrogens (tertiary/aromatic N) is 1. The van der Waals surface area contributed by atoms with Crippen molar-refractivity contribution in [3.05, 3.63) is 30.1 Å². The monoisotopic (exact) mass is 265 g/mol. The van der Waals surface area contributed by atoms with Gasteiger partial charge in [-0.25, -0.2) is 4.79 Å². The van der Waals surface area contributed by atoms with E-state index in [1.54, 1.807) is 0 Å². The second-order valence-corrected chi connectivity index (χ2v) is 1.54. The zero-order valence-electron chi connectivity index (χ0n) is 5.11. The number of carboxylic acids is 1. The minimum absolute atomic E-state index is 0. The molecule has 1 heterocycles. The van der Waals surface area contributed by atoms with Crippen LogP contribution in [0.3, 0.4) is 0 Å². The van der Waals surface area contributed by atoms with Crippen molar-refractivity contribution >= 4 is 5.97 Å². The fourth-order valence-electron chi connectivity index (χ4n) is 0.494. The van der Waals surface area contributed by atoms with E-state index in [4.69, 9.17) is 5.11 Å². The number of pyridine rings is 1. The summed E-state index contributed by atoms with van der Waals surface area (Å²) in [5.74, 6) is -0.919. The van der Waals surface area contributed by atoms with Gasteiger partial charge in [0.15, 0.2) is 0 Å². The molecular formula is C6H5NNdO2. The minimum Gasteiger partial charge on any atom is -0.478 e. The summed E-state index contributed by atoms with van der Waals surface area (Å²) in [6.07, 6.45) is 2.90. The first-order valence-electron chi connectivity index (χ1n) is 2.44. The second-order valence-electron chi connectivity index (χ2n) is 1.54. The van der Waals surface area contributed by atoms with Gasteiger partial charge in [-0.1, -0.05) is 0 Å². The summed E-state index contributed by atoms with van der Waals surface area (Å²) in [7, 11) is 0. The minimum atomic E-state index is -0.919. The Morgan fingerprint density at radius 3 is 2.20 bits per heavy atom. The largest absolute Gasteiger partial charge is 0.478 e. The van der Waals surface area contributed by atoms with Gasteiger partial charge in [-0.15, -0.1) is 0 Å². The number of hydrogen-bond donors (Lipinski definition) is 1. The SMILES string of the molecule is O=C(O)c1ccncc1.[Nd]. The Balaban J connectivity index is 0.000000810. The molecule has 0 aliphatic carbocycles. The molecule has 0 saturated heterocycles. The second kappa shape index (κ2) is 4.74. The molecular weight excluding hydrogens is 262 g/mol. The van der Waals surface area contributed by atoms with E-state index in [1.165, 1.54) is 24.5 Å². The first kappa shape index (κ1) is 9.97. The van der Waals surface area contributed by atoms with Crippen LogP contribution in [0.1, 0.15) is 10.4 Å². The molecule has 1 aromatic heterocycles. The number of aromatic carboxylic acids is 1. The van der Waals surface area contributed by atoms with Crippen LogP contribution < -0.4 is 0 Å². The Morgan fingerprint density at radius 2 is 1.90 bits per heavy atom. The van der Waals surface area contributed by atoms with Gasteiger partial charge in [-0.05, 0) is 12.1 Å². The fraction of sp³-hybridized carbons (Fsp3) is 0. The third kappa shape index (κ3) is 2.70. The van der Waals surface area contributed by atoms with E-state index in [2.05, 4.69) is 4.98 Å². The third-order valence-corrected chi connectivity index (χ3v) is 0.927.